The highest BCUT2D eigenvalue weighted by Crippen LogP contribution is 2.40. The molecule has 0 atom stereocenters. The molecule has 2 fully saturated rings. The minimum Gasteiger partial charge on any atom is -0.497 e. The molecule has 2 heterocycles. The van der Waals surface area contributed by atoms with E-state index in [2.05, 4.69) is 21.9 Å². The lowest BCUT2D eigenvalue weighted by Gasteiger charge is -2.48. The number of likely N-dealkylation sites (tertiary alicyclic amines) is 1. The van der Waals surface area contributed by atoms with E-state index in [4.69, 9.17) is 10.5 Å². The Morgan fingerprint density at radius 1 is 1.21 bits per heavy atom. The van der Waals surface area contributed by atoms with Gasteiger partial charge in [0.1, 0.15) is 5.75 Å². The molecule has 0 radical (unpaired) electrons. The Hall–Kier alpha value is -1.26. The normalized spacial score (nSPS) is 21.7. The molecule has 0 aromatic heterocycles. The summed E-state index contributed by atoms with van der Waals surface area (Å²) >= 11 is 0. The van der Waals surface area contributed by atoms with Gasteiger partial charge in [-0.1, -0.05) is 0 Å². The zero-order valence-electron chi connectivity index (χ0n) is 11.6. The first kappa shape index (κ1) is 12.8. The maximum atomic E-state index is 5.61. The monoisotopic (exact) mass is 261 g/mol. The highest BCUT2D eigenvalue weighted by Gasteiger charge is 2.47. The maximum absolute atomic E-state index is 5.61. The lowest BCUT2D eigenvalue weighted by atomic mass is 9.79. The molecule has 3 rings (SSSR count). The van der Waals surface area contributed by atoms with E-state index in [1.54, 1.807) is 7.11 Å². The zero-order valence-corrected chi connectivity index (χ0v) is 11.6. The van der Waals surface area contributed by atoms with Crippen molar-refractivity contribution in [3.63, 3.8) is 0 Å². The molecule has 19 heavy (non-hydrogen) atoms. The number of benzene rings is 1. The second-order valence-electron chi connectivity index (χ2n) is 5.87. The highest BCUT2D eigenvalue weighted by atomic mass is 16.5. The third-order valence-corrected chi connectivity index (χ3v) is 4.44. The summed E-state index contributed by atoms with van der Waals surface area (Å²) in [7, 11) is 1.71. The molecule has 0 amide bonds. The van der Waals surface area contributed by atoms with Crippen molar-refractivity contribution in [2.45, 2.75) is 6.42 Å². The van der Waals surface area contributed by atoms with Crippen LogP contribution in [0.4, 0.5) is 5.69 Å². The van der Waals surface area contributed by atoms with Crippen molar-refractivity contribution < 1.29 is 4.74 Å². The van der Waals surface area contributed by atoms with Crippen LogP contribution in [0.2, 0.25) is 0 Å². The number of hydrogen-bond acceptors (Lipinski definition) is 4. The largest absolute Gasteiger partial charge is 0.497 e. The number of ether oxygens (including phenoxy) is 1. The molecule has 2 N–H and O–H groups in total. The first-order valence-electron chi connectivity index (χ1n) is 7.06. The fourth-order valence-corrected chi connectivity index (χ4v) is 3.45. The van der Waals surface area contributed by atoms with Crippen molar-refractivity contribution in [3.8, 4) is 5.75 Å². The van der Waals surface area contributed by atoms with Crippen LogP contribution in [-0.2, 0) is 0 Å². The Bertz CT molecular complexity index is 426. The van der Waals surface area contributed by atoms with Crippen LogP contribution in [0.3, 0.4) is 0 Å². The van der Waals surface area contributed by atoms with E-state index in [1.165, 1.54) is 38.3 Å². The average molecular weight is 261 g/mol. The summed E-state index contributed by atoms with van der Waals surface area (Å²) in [6, 6.07) is 8.41. The van der Waals surface area contributed by atoms with Gasteiger partial charge in [0.2, 0.25) is 0 Å². The molecule has 104 valence electrons. The van der Waals surface area contributed by atoms with Crippen LogP contribution in [0.5, 0.6) is 5.75 Å². The average Bonchev–Trinajstić information content (AvgIpc) is 2.84. The first-order valence-corrected chi connectivity index (χ1v) is 7.06. The lowest BCUT2D eigenvalue weighted by Crippen LogP contribution is -2.58. The van der Waals surface area contributed by atoms with Crippen LogP contribution < -0.4 is 15.4 Å². The van der Waals surface area contributed by atoms with Crippen molar-refractivity contribution in [3.05, 3.63) is 24.3 Å². The summed E-state index contributed by atoms with van der Waals surface area (Å²) in [5.74, 6) is 0.926. The molecule has 4 heteroatoms. The van der Waals surface area contributed by atoms with E-state index in [9.17, 15) is 0 Å². The molecule has 2 saturated heterocycles. The third kappa shape index (κ3) is 2.42. The highest BCUT2D eigenvalue weighted by molar-refractivity contribution is 5.50. The summed E-state index contributed by atoms with van der Waals surface area (Å²) in [6.45, 7) is 6.61. The summed E-state index contributed by atoms with van der Waals surface area (Å²) in [6.07, 6.45) is 1.31. The standard InChI is InChI=1S/C15H23N3O/c1-19-14-4-2-13(3-5-14)18-8-6-15(12-18)10-17(11-15)9-7-16/h2-5H,6-12,16H2,1H3. The number of nitrogens with zero attached hydrogens (tertiary/aromatic N) is 2. The molecule has 0 aliphatic carbocycles. The van der Waals surface area contributed by atoms with Gasteiger partial charge in [-0.25, -0.2) is 0 Å². The molecule has 2 aliphatic rings. The van der Waals surface area contributed by atoms with Crippen molar-refractivity contribution in [2.24, 2.45) is 11.1 Å². The fraction of sp³-hybridized carbons (Fsp3) is 0.600. The first-order chi connectivity index (χ1) is 9.24. The van der Waals surface area contributed by atoms with E-state index < -0.39 is 0 Å². The molecular weight excluding hydrogens is 238 g/mol. The fourth-order valence-electron chi connectivity index (χ4n) is 3.45. The van der Waals surface area contributed by atoms with Crippen LogP contribution in [-0.4, -0.2) is 51.3 Å². The Kier molecular flexibility index (Phi) is 3.37. The zero-order chi connectivity index (χ0) is 13.3. The Morgan fingerprint density at radius 2 is 1.95 bits per heavy atom. The van der Waals surface area contributed by atoms with Gasteiger partial charge in [-0.15, -0.1) is 0 Å². The predicted octanol–water partition coefficient (Wildman–Crippen LogP) is 1.17. The van der Waals surface area contributed by atoms with Gasteiger partial charge in [-0.2, -0.15) is 0 Å². The van der Waals surface area contributed by atoms with Gasteiger partial charge in [0.25, 0.3) is 0 Å². The number of anilines is 1. The van der Waals surface area contributed by atoms with Crippen LogP contribution in [0.1, 0.15) is 6.42 Å². The molecule has 1 spiro atoms. The molecule has 4 nitrogen and oxygen atoms in total. The molecule has 0 unspecified atom stereocenters. The van der Waals surface area contributed by atoms with Crippen LogP contribution in [0, 0.1) is 5.41 Å². The van der Waals surface area contributed by atoms with Gasteiger partial charge in [-0.3, -0.25) is 0 Å². The van der Waals surface area contributed by atoms with Gasteiger partial charge in [0.05, 0.1) is 7.11 Å². The SMILES string of the molecule is COc1ccc(N2CCC3(CN(CCN)C3)C2)cc1. The van der Waals surface area contributed by atoms with Crippen molar-refractivity contribution >= 4 is 5.69 Å². The quantitative estimate of drug-likeness (QED) is 0.883. The van der Waals surface area contributed by atoms with Gasteiger partial charge in [0, 0.05) is 50.4 Å². The molecule has 0 bridgehead atoms. The van der Waals surface area contributed by atoms with E-state index >= 15 is 0 Å². The van der Waals surface area contributed by atoms with E-state index in [0.717, 1.165) is 18.8 Å². The minimum atomic E-state index is 0.523. The van der Waals surface area contributed by atoms with Crippen LogP contribution >= 0.6 is 0 Å². The van der Waals surface area contributed by atoms with Crippen molar-refractivity contribution in [1.82, 2.24) is 4.90 Å². The number of rotatable bonds is 4. The van der Waals surface area contributed by atoms with E-state index in [-0.39, 0.29) is 0 Å². The van der Waals surface area contributed by atoms with Gasteiger partial charge in [0.15, 0.2) is 0 Å². The van der Waals surface area contributed by atoms with E-state index in [0.29, 0.717) is 5.41 Å². The predicted molar refractivity (Wildman–Crippen MR) is 77.8 cm³/mol. The molecule has 1 aromatic carbocycles. The second-order valence-corrected chi connectivity index (χ2v) is 5.87. The lowest BCUT2D eigenvalue weighted by molar-refractivity contribution is 0.0213. The Morgan fingerprint density at radius 3 is 2.58 bits per heavy atom. The summed E-state index contributed by atoms with van der Waals surface area (Å²) in [5.41, 5.74) is 7.45. The smallest absolute Gasteiger partial charge is 0.119 e. The Labute approximate surface area is 115 Å². The Balaban J connectivity index is 1.60. The van der Waals surface area contributed by atoms with Crippen LogP contribution in [0.15, 0.2) is 24.3 Å². The van der Waals surface area contributed by atoms with E-state index in [1.807, 2.05) is 12.1 Å². The topological polar surface area (TPSA) is 41.7 Å². The summed E-state index contributed by atoms with van der Waals surface area (Å²) in [5, 5.41) is 0. The number of hydrogen-bond donors (Lipinski definition) is 1. The molecule has 2 aliphatic heterocycles. The van der Waals surface area contributed by atoms with Gasteiger partial charge < -0.3 is 20.3 Å². The van der Waals surface area contributed by atoms with Crippen molar-refractivity contribution in [2.75, 3.05) is 51.3 Å². The molecule has 0 saturated carbocycles. The number of methoxy groups -OCH3 is 1. The summed E-state index contributed by atoms with van der Waals surface area (Å²) < 4.78 is 5.21. The van der Waals surface area contributed by atoms with Gasteiger partial charge in [-0.05, 0) is 30.7 Å². The van der Waals surface area contributed by atoms with Crippen molar-refractivity contribution in [1.29, 1.82) is 0 Å². The maximum Gasteiger partial charge on any atom is 0.119 e. The summed E-state index contributed by atoms with van der Waals surface area (Å²) in [4.78, 5) is 4.97. The van der Waals surface area contributed by atoms with Crippen LogP contribution in [0.25, 0.3) is 0 Å². The van der Waals surface area contributed by atoms with Gasteiger partial charge >= 0.3 is 0 Å². The second kappa shape index (κ2) is 5.02. The minimum absolute atomic E-state index is 0.523. The number of nitrogens with two attached hydrogens (primary N) is 1. The molecular formula is C15H23N3O. The molecule has 1 aromatic rings. The third-order valence-electron chi connectivity index (χ3n) is 4.44.